The summed E-state index contributed by atoms with van der Waals surface area (Å²) in [5, 5.41) is 13.5. The molecule has 4 rings (SSSR count). The van der Waals surface area contributed by atoms with Gasteiger partial charge in [0.05, 0.1) is 0 Å². The Hall–Kier alpha value is -2.80. The Balaban J connectivity index is 1.83. The topological polar surface area (TPSA) is 73.3 Å². The molecule has 1 aromatic carbocycles. The first-order chi connectivity index (χ1) is 11.2. The van der Waals surface area contributed by atoms with Gasteiger partial charge in [-0.2, -0.15) is 9.61 Å². The van der Waals surface area contributed by atoms with Crippen molar-refractivity contribution in [3.63, 3.8) is 0 Å². The molecule has 0 spiro atoms. The Labute approximate surface area is 135 Å². The first-order valence-corrected chi connectivity index (χ1v) is 7.82. The maximum Gasteiger partial charge on any atom is 0.234 e. The van der Waals surface area contributed by atoms with Crippen molar-refractivity contribution in [2.45, 2.75) is 13.8 Å². The van der Waals surface area contributed by atoms with Gasteiger partial charge in [-0.05, 0) is 37.6 Å². The highest BCUT2D eigenvalue weighted by Gasteiger charge is 2.13. The highest BCUT2D eigenvalue weighted by atomic mass is 32.1. The van der Waals surface area contributed by atoms with Crippen molar-refractivity contribution in [1.29, 1.82) is 0 Å². The molecule has 0 N–H and O–H groups in total. The number of carbonyl (C=O) groups is 1. The van der Waals surface area contributed by atoms with Crippen molar-refractivity contribution in [3.8, 4) is 21.9 Å². The number of rotatable bonds is 3. The molecule has 4 aromatic rings. The fourth-order valence-electron chi connectivity index (χ4n) is 2.41. The second kappa shape index (κ2) is 5.13. The van der Waals surface area contributed by atoms with Gasteiger partial charge < -0.3 is 4.42 Å². The molecule has 0 fully saturated rings. The van der Waals surface area contributed by atoms with Gasteiger partial charge in [-0.1, -0.05) is 23.5 Å². The van der Waals surface area contributed by atoms with E-state index in [0.717, 1.165) is 32.5 Å². The number of fused-ring (bicyclic) bond motifs is 1. The number of furan rings is 1. The molecule has 7 heteroatoms. The Bertz CT molecular complexity index is 1030. The van der Waals surface area contributed by atoms with Gasteiger partial charge >= 0.3 is 0 Å². The predicted molar refractivity (Wildman–Crippen MR) is 86.7 cm³/mol. The standard InChI is InChI=1S/C16H12N4O2S/c1-9-3-4-11(7-13(9)14-6-5-12(8-21)22-14)15-19-20-10(2)17-18-16(20)23-15/h3-8H,1-2H3. The molecule has 0 aliphatic heterocycles. The minimum atomic E-state index is 0.319. The Morgan fingerprint density at radius 3 is 2.78 bits per heavy atom. The lowest BCUT2D eigenvalue weighted by Gasteiger charge is -2.05. The summed E-state index contributed by atoms with van der Waals surface area (Å²) < 4.78 is 7.27. The van der Waals surface area contributed by atoms with E-state index >= 15 is 0 Å². The fraction of sp³-hybridized carbons (Fsp3) is 0.125. The third-order valence-corrected chi connectivity index (χ3v) is 4.59. The summed E-state index contributed by atoms with van der Waals surface area (Å²) in [6.07, 6.45) is 0.703. The van der Waals surface area contributed by atoms with Crippen LogP contribution in [0.1, 0.15) is 21.9 Å². The quantitative estimate of drug-likeness (QED) is 0.539. The molecule has 0 atom stereocenters. The van der Waals surface area contributed by atoms with E-state index in [0.29, 0.717) is 17.8 Å². The number of hydrogen-bond acceptors (Lipinski definition) is 6. The second-order valence-electron chi connectivity index (χ2n) is 5.20. The van der Waals surface area contributed by atoms with Crippen LogP contribution in [0.2, 0.25) is 0 Å². The molecule has 23 heavy (non-hydrogen) atoms. The zero-order chi connectivity index (χ0) is 16.0. The number of hydrogen-bond donors (Lipinski definition) is 0. The maximum atomic E-state index is 10.8. The highest BCUT2D eigenvalue weighted by Crippen LogP contribution is 2.32. The van der Waals surface area contributed by atoms with E-state index in [1.807, 2.05) is 32.0 Å². The second-order valence-corrected chi connectivity index (χ2v) is 6.15. The third-order valence-electron chi connectivity index (χ3n) is 3.64. The van der Waals surface area contributed by atoms with Crippen LogP contribution < -0.4 is 0 Å². The zero-order valence-electron chi connectivity index (χ0n) is 12.5. The van der Waals surface area contributed by atoms with Gasteiger partial charge in [0.25, 0.3) is 0 Å². The molecule has 0 aliphatic carbocycles. The van der Waals surface area contributed by atoms with Crippen molar-refractivity contribution in [2.24, 2.45) is 0 Å². The van der Waals surface area contributed by atoms with Gasteiger partial charge in [-0.3, -0.25) is 4.79 Å². The first kappa shape index (κ1) is 13.8. The van der Waals surface area contributed by atoms with Crippen LogP contribution in [0.3, 0.4) is 0 Å². The number of aryl methyl sites for hydroxylation is 2. The lowest BCUT2D eigenvalue weighted by Crippen LogP contribution is -1.89. The molecule has 0 saturated heterocycles. The average molecular weight is 324 g/mol. The van der Waals surface area contributed by atoms with Crippen LogP contribution in [0.25, 0.3) is 26.9 Å². The summed E-state index contributed by atoms with van der Waals surface area (Å²) in [5.74, 6) is 1.75. The normalized spacial score (nSPS) is 11.2. The Morgan fingerprint density at radius 1 is 1.17 bits per heavy atom. The maximum absolute atomic E-state index is 10.8. The Morgan fingerprint density at radius 2 is 2.04 bits per heavy atom. The van der Waals surface area contributed by atoms with Gasteiger partial charge in [-0.25, -0.2) is 0 Å². The van der Waals surface area contributed by atoms with Crippen LogP contribution in [-0.4, -0.2) is 26.1 Å². The van der Waals surface area contributed by atoms with Gasteiger partial charge in [0.15, 0.2) is 17.9 Å². The minimum Gasteiger partial charge on any atom is -0.453 e. The summed E-state index contributed by atoms with van der Waals surface area (Å²) in [7, 11) is 0. The van der Waals surface area contributed by atoms with E-state index in [2.05, 4.69) is 15.3 Å². The van der Waals surface area contributed by atoms with Crippen molar-refractivity contribution in [1.82, 2.24) is 19.8 Å². The molecular formula is C16H12N4O2S. The molecule has 6 nitrogen and oxygen atoms in total. The lowest BCUT2D eigenvalue weighted by atomic mass is 10.0. The van der Waals surface area contributed by atoms with Gasteiger partial charge in [0.1, 0.15) is 10.8 Å². The molecule has 0 unspecified atom stereocenters. The summed E-state index contributed by atoms with van der Waals surface area (Å²) in [6, 6.07) is 9.52. The fourth-order valence-corrected chi connectivity index (χ4v) is 3.29. The van der Waals surface area contributed by atoms with Crippen LogP contribution in [0.4, 0.5) is 0 Å². The highest BCUT2D eigenvalue weighted by molar-refractivity contribution is 7.19. The molecular weight excluding hydrogens is 312 g/mol. The van der Waals surface area contributed by atoms with Crippen LogP contribution >= 0.6 is 11.3 Å². The van der Waals surface area contributed by atoms with Crippen LogP contribution in [-0.2, 0) is 0 Å². The van der Waals surface area contributed by atoms with E-state index in [9.17, 15) is 4.79 Å². The smallest absolute Gasteiger partial charge is 0.234 e. The number of benzene rings is 1. The van der Waals surface area contributed by atoms with Crippen LogP contribution in [0, 0.1) is 13.8 Å². The van der Waals surface area contributed by atoms with E-state index < -0.39 is 0 Å². The molecule has 0 aliphatic rings. The van der Waals surface area contributed by atoms with Crippen LogP contribution in [0.15, 0.2) is 34.7 Å². The molecule has 0 saturated carbocycles. The van der Waals surface area contributed by atoms with E-state index in [1.54, 1.807) is 16.6 Å². The third kappa shape index (κ3) is 2.25. The zero-order valence-corrected chi connectivity index (χ0v) is 13.3. The van der Waals surface area contributed by atoms with Gasteiger partial charge in [-0.15, -0.1) is 10.2 Å². The number of carbonyl (C=O) groups excluding carboxylic acids is 1. The number of nitrogens with zero attached hydrogens (tertiary/aromatic N) is 4. The molecule has 3 heterocycles. The summed E-state index contributed by atoms with van der Waals surface area (Å²) in [6.45, 7) is 3.87. The predicted octanol–water partition coefficient (Wildman–Crippen LogP) is 3.54. The van der Waals surface area contributed by atoms with Gasteiger partial charge in [0.2, 0.25) is 4.96 Å². The summed E-state index contributed by atoms with van der Waals surface area (Å²) in [4.78, 5) is 11.6. The van der Waals surface area contributed by atoms with Gasteiger partial charge in [0, 0.05) is 11.1 Å². The Kier molecular flexibility index (Phi) is 3.09. The molecule has 0 amide bonds. The minimum absolute atomic E-state index is 0.319. The lowest BCUT2D eigenvalue weighted by molar-refractivity contribution is 0.110. The van der Waals surface area contributed by atoms with E-state index in [4.69, 9.17) is 4.42 Å². The first-order valence-electron chi connectivity index (χ1n) is 7.01. The molecule has 3 aromatic heterocycles. The SMILES string of the molecule is Cc1ccc(-c2nn3c(C)nnc3s2)cc1-c1ccc(C=O)o1. The average Bonchev–Trinajstić information content (AvgIpc) is 3.25. The monoisotopic (exact) mass is 324 g/mol. The number of aldehydes is 1. The molecule has 114 valence electrons. The van der Waals surface area contributed by atoms with Crippen molar-refractivity contribution >= 4 is 22.6 Å². The van der Waals surface area contributed by atoms with Crippen molar-refractivity contribution in [3.05, 3.63) is 47.5 Å². The van der Waals surface area contributed by atoms with Crippen molar-refractivity contribution in [2.75, 3.05) is 0 Å². The largest absolute Gasteiger partial charge is 0.453 e. The van der Waals surface area contributed by atoms with E-state index in [-0.39, 0.29) is 0 Å². The molecule has 0 bridgehead atoms. The van der Waals surface area contributed by atoms with Crippen LogP contribution in [0.5, 0.6) is 0 Å². The summed E-state index contributed by atoms with van der Waals surface area (Å²) in [5.41, 5.74) is 2.99. The van der Waals surface area contributed by atoms with Crippen molar-refractivity contribution < 1.29 is 9.21 Å². The summed E-state index contributed by atoms with van der Waals surface area (Å²) >= 11 is 1.48. The van der Waals surface area contributed by atoms with E-state index in [1.165, 1.54) is 11.3 Å². The number of aromatic nitrogens is 4. The molecule has 0 radical (unpaired) electrons.